The molecular weight excluding hydrogens is 282 g/mol. The van der Waals surface area contributed by atoms with Gasteiger partial charge < -0.3 is 0 Å². The van der Waals surface area contributed by atoms with Gasteiger partial charge in [0.05, 0.1) is 10.4 Å². The third-order valence-electron chi connectivity index (χ3n) is 3.35. The summed E-state index contributed by atoms with van der Waals surface area (Å²) >= 11 is 0. The molecule has 3 rings (SSSR count). The number of para-hydroxylation sites is 1. The van der Waals surface area contributed by atoms with Crippen LogP contribution in [0.4, 0.5) is 5.69 Å². The summed E-state index contributed by atoms with van der Waals surface area (Å²) in [6.45, 7) is 0. The highest BCUT2D eigenvalue weighted by Crippen LogP contribution is 2.19. The summed E-state index contributed by atoms with van der Waals surface area (Å²) in [6, 6.07) is 16.2. The molecule has 0 aliphatic rings. The van der Waals surface area contributed by atoms with Gasteiger partial charge in [0.15, 0.2) is 0 Å². The van der Waals surface area contributed by atoms with Crippen LogP contribution in [0.2, 0.25) is 0 Å². The van der Waals surface area contributed by atoms with Gasteiger partial charge in [0.25, 0.3) is 11.2 Å². The van der Waals surface area contributed by atoms with Crippen LogP contribution in [-0.4, -0.2) is 9.49 Å². The van der Waals surface area contributed by atoms with Crippen molar-refractivity contribution in [3.8, 4) is 11.8 Å². The fourth-order valence-electron chi connectivity index (χ4n) is 2.32. The second kappa shape index (κ2) is 5.14. The zero-order valence-corrected chi connectivity index (χ0v) is 11.3. The maximum atomic E-state index is 12.4. The minimum atomic E-state index is -0.504. The van der Waals surface area contributed by atoms with Crippen molar-refractivity contribution in [2.24, 2.45) is 0 Å². The van der Waals surface area contributed by atoms with Crippen molar-refractivity contribution in [2.45, 2.75) is 0 Å². The number of rotatable bonds is 2. The van der Waals surface area contributed by atoms with Crippen LogP contribution in [0.3, 0.4) is 0 Å². The lowest BCUT2D eigenvalue weighted by molar-refractivity contribution is -0.384. The number of pyridine rings is 1. The molecule has 6 nitrogen and oxygen atoms in total. The maximum absolute atomic E-state index is 12.4. The Hall–Kier alpha value is -3.46. The first-order valence-electron chi connectivity index (χ1n) is 6.41. The second-order valence-electron chi connectivity index (χ2n) is 4.64. The number of nitriles is 1. The zero-order valence-electron chi connectivity index (χ0n) is 11.3. The van der Waals surface area contributed by atoms with Gasteiger partial charge in [-0.1, -0.05) is 18.2 Å². The van der Waals surface area contributed by atoms with Gasteiger partial charge in [-0.05, 0) is 24.3 Å². The molecule has 1 heterocycles. The van der Waals surface area contributed by atoms with E-state index in [2.05, 4.69) is 0 Å². The topological polar surface area (TPSA) is 88.9 Å². The molecule has 3 aromatic rings. The van der Waals surface area contributed by atoms with E-state index in [9.17, 15) is 14.9 Å². The van der Waals surface area contributed by atoms with Crippen molar-refractivity contribution in [2.75, 3.05) is 0 Å². The van der Waals surface area contributed by atoms with Gasteiger partial charge in [-0.15, -0.1) is 0 Å². The molecule has 6 heteroatoms. The third kappa shape index (κ3) is 2.11. The summed E-state index contributed by atoms with van der Waals surface area (Å²) in [4.78, 5) is 22.7. The molecule has 0 bridgehead atoms. The highest BCUT2D eigenvalue weighted by molar-refractivity contribution is 5.82. The molecule has 22 heavy (non-hydrogen) atoms. The van der Waals surface area contributed by atoms with Crippen molar-refractivity contribution < 1.29 is 4.92 Å². The molecule has 1 aromatic heterocycles. The molecule has 0 unspecified atom stereocenters. The average Bonchev–Trinajstić information content (AvgIpc) is 2.54. The van der Waals surface area contributed by atoms with Crippen LogP contribution >= 0.6 is 0 Å². The number of hydrogen-bond donors (Lipinski definition) is 0. The summed E-state index contributed by atoms with van der Waals surface area (Å²) in [6.07, 6.45) is 0. The molecule has 106 valence electrons. The van der Waals surface area contributed by atoms with E-state index in [1.54, 1.807) is 24.3 Å². The van der Waals surface area contributed by atoms with Gasteiger partial charge in [0, 0.05) is 23.2 Å². The number of nitro groups is 1. The molecule has 0 N–H and O–H groups in total. The first kappa shape index (κ1) is 13.5. The summed E-state index contributed by atoms with van der Waals surface area (Å²) < 4.78 is 1.39. The van der Waals surface area contributed by atoms with Crippen molar-refractivity contribution in [1.82, 2.24) is 4.57 Å². The highest BCUT2D eigenvalue weighted by Gasteiger charge is 2.12. The van der Waals surface area contributed by atoms with Crippen molar-refractivity contribution in [3.05, 3.63) is 80.6 Å². The number of nitrogens with zero attached hydrogens (tertiary/aromatic N) is 3. The molecule has 0 aliphatic carbocycles. The lowest BCUT2D eigenvalue weighted by atomic mass is 10.1. The van der Waals surface area contributed by atoms with Gasteiger partial charge in [0.2, 0.25) is 0 Å². The highest BCUT2D eigenvalue weighted by atomic mass is 16.6. The predicted molar refractivity (Wildman–Crippen MR) is 80.9 cm³/mol. The average molecular weight is 291 g/mol. The molecule has 0 spiro atoms. The lowest BCUT2D eigenvalue weighted by Crippen LogP contribution is -2.21. The van der Waals surface area contributed by atoms with Crippen LogP contribution < -0.4 is 5.56 Å². The van der Waals surface area contributed by atoms with E-state index in [1.165, 1.54) is 28.8 Å². The molecule has 0 saturated heterocycles. The zero-order chi connectivity index (χ0) is 15.7. The first-order chi connectivity index (χ1) is 10.6. The van der Waals surface area contributed by atoms with Crippen molar-refractivity contribution >= 4 is 16.6 Å². The Bertz CT molecular complexity index is 982. The third-order valence-corrected chi connectivity index (χ3v) is 3.35. The summed E-state index contributed by atoms with van der Waals surface area (Å²) in [5.41, 5.74) is 0.633. The van der Waals surface area contributed by atoms with Crippen LogP contribution in [0.25, 0.3) is 16.6 Å². The minimum Gasteiger partial charge on any atom is -0.276 e. The maximum Gasteiger partial charge on any atom is 0.273 e. The Morgan fingerprint density at radius 1 is 1.09 bits per heavy atom. The molecule has 0 atom stereocenters. The molecular formula is C16H9N3O3. The molecule has 0 amide bonds. The van der Waals surface area contributed by atoms with Crippen LogP contribution in [0.5, 0.6) is 0 Å². The van der Waals surface area contributed by atoms with Crippen LogP contribution in [0, 0.1) is 21.4 Å². The number of benzene rings is 2. The Morgan fingerprint density at radius 2 is 1.77 bits per heavy atom. The predicted octanol–water partition coefficient (Wildman–Crippen LogP) is 2.77. The van der Waals surface area contributed by atoms with Crippen LogP contribution in [0.1, 0.15) is 5.56 Å². The fraction of sp³-hybridized carbons (Fsp3) is 0. The van der Waals surface area contributed by atoms with Gasteiger partial charge in [-0.25, -0.2) is 0 Å². The van der Waals surface area contributed by atoms with E-state index in [1.807, 2.05) is 12.1 Å². The quantitative estimate of drug-likeness (QED) is 0.536. The fourth-order valence-corrected chi connectivity index (χ4v) is 2.32. The Morgan fingerprint density at radius 3 is 2.41 bits per heavy atom. The van der Waals surface area contributed by atoms with Crippen molar-refractivity contribution in [1.29, 1.82) is 5.26 Å². The van der Waals surface area contributed by atoms with E-state index in [-0.39, 0.29) is 11.3 Å². The van der Waals surface area contributed by atoms with Crippen molar-refractivity contribution in [3.63, 3.8) is 0 Å². The summed E-state index contributed by atoms with van der Waals surface area (Å²) in [5.74, 6) is 0. The largest absolute Gasteiger partial charge is 0.276 e. The number of non-ortho nitro benzene ring substituents is 1. The second-order valence-corrected chi connectivity index (χ2v) is 4.64. The van der Waals surface area contributed by atoms with E-state index >= 15 is 0 Å². The molecule has 0 fully saturated rings. The number of nitro benzene ring substituents is 1. The van der Waals surface area contributed by atoms with Gasteiger partial charge in [-0.3, -0.25) is 19.5 Å². The van der Waals surface area contributed by atoms with Gasteiger partial charge >= 0.3 is 0 Å². The monoisotopic (exact) mass is 291 g/mol. The number of fused-ring (bicyclic) bond motifs is 1. The van der Waals surface area contributed by atoms with E-state index < -0.39 is 10.5 Å². The van der Waals surface area contributed by atoms with E-state index in [0.717, 1.165) is 5.39 Å². The molecule has 0 radical (unpaired) electrons. The summed E-state index contributed by atoms with van der Waals surface area (Å²) in [5, 5.41) is 20.6. The summed E-state index contributed by atoms with van der Waals surface area (Å²) in [7, 11) is 0. The van der Waals surface area contributed by atoms with Crippen LogP contribution in [0.15, 0.2) is 59.4 Å². The van der Waals surface area contributed by atoms with E-state index in [4.69, 9.17) is 5.26 Å². The molecule has 0 saturated carbocycles. The SMILES string of the molecule is N#Cc1cc2ccccc2n(-c2ccc([N+](=O)[O-])cc2)c1=O. The Kier molecular flexibility index (Phi) is 3.16. The van der Waals surface area contributed by atoms with Gasteiger partial charge in [-0.2, -0.15) is 5.26 Å². The Balaban J connectivity index is 2.34. The molecule has 0 aliphatic heterocycles. The van der Waals surface area contributed by atoms with Crippen LogP contribution in [-0.2, 0) is 0 Å². The minimum absolute atomic E-state index is 0.0250. The van der Waals surface area contributed by atoms with Gasteiger partial charge in [0.1, 0.15) is 11.6 Å². The smallest absolute Gasteiger partial charge is 0.273 e. The first-order valence-corrected chi connectivity index (χ1v) is 6.41. The lowest BCUT2D eigenvalue weighted by Gasteiger charge is -2.10. The molecule has 2 aromatic carbocycles. The van der Waals surface area contributed by atoms with E-state index in [0.29, 0.717) is 11.2 Å². The number of hydrogen-bond acceptors (Lipinski definition) is 4. The Labute approximate surface area is 124 Å². The standard InChI is InChI=1S/C16H9N3O3/c17-10-12-9-11-3-1-2-4-15(11)18(16(12)20)13-5-7-14(8-6-13)19(21)22/h1-9H. The normalized spacial score (nSPS) is 10.3. The number of aromatic nitrogens is 1.